The summed E-state index contributed by atoms with van der Waals surface area (Å²) in [5.74, 6) is 2.01. The van der Waals surface area contributed by atoms with Crippen LogP contribution in [0.15, 0.2) is 42.6 Å². The van der Waals surface area contributed by atoms with Gasteiger partial charge >= 0.3 is 0 Å². The van der Waals surface area contributed by atoms with Crippen LogP contribution in [-0.4, -0.2) is 37.4 Å². The maximum Gasteiger partial charge on any atom is 0.161 e. The van der Waals surface area contributed by atoms with Crippen LogP contribution in [0.3, 0.4) is 0 Å². The molecule has 0 amide bonds. The van der Waals surface area contributed by atoms with Crippen LogP contribution in [-0.2, 0) is 6.42 Å². The predicted octanol–water partition coefficient (Wildman–Crippen LogP) is 5.46. The summed E-state index contributed by atoms with van der Waals surface area (Å²) in [6.45, 7) is 4.51. The third-order valence-corrected chi connectivity index (χ3v) is 4.58. The number of methoxy groups -OCH3 is 2. The number of aldehydes is 1. The van der Waals surface area contributed by atoms with E-state index < -0.39 is 0 Å². The highest BCUT2D eigenvalue weighted by atomic mass is 79.9. The topological polar surface area (TPSA) is 57.7 Å². The van der Waals surface area contributed by atoms with E-state index in [1.165, 1.54) is 0 Å². The fraction of sp³-hybridized carbons (Fsp3) is 0.304. The number of carbonyl (C=O) groups is 1. The summed E-state index contributed by atoms with van der Waals surface area (Å²) >= 11 is 3.36. The molecule has 0 unspecified atom stereocenters. The van der Waals surface area contributed by atoms with Gasteiger partial charge in [-0.15, -0.1) is 0 Å². The minimum Gasteiger partial charge on any atom is -0.497 e. The molecule has 3 rings (SSSR count). The summed E-state index contributed by atoms with van der Waals surface area (Å²) in [5, 5.41) is 2.37. The Hall–Kier alpha value is -2.60. The normalized spacial score (nSPS) is 10.1. The molecule has 0 bridgehead atoms. The van der Waals surface area contributed by atoms with Crippen molar-refractivity contribution >= 4 is 33.0 Å². The van der Waals surface area contributed by atoms with E-state index in [0.29, 0.717) is 35.4 Å². The van der Waals surface area contributed by atoms with Gasteiger partial charge in [0.1, 0.15) is 5.75 Å². The van der Waals surface area contributed by atoms with Gasteiger partial charge in [-0.3, -0.25) is 9.78 Å². The van der Waals surface area contributed by atoms with Gasteiger partial charge in [0.2, 0.25) is 0 Å². The minimum absolute atomic E-state index is 0.508. The predicted molar refractivity (Wildman–Crippen MR) is 120 cm³/mol. The molecule has 29 heavy (non-hydrogen) atoms. The molecule has 0 atom stereocenters. The second-order valence-corrected chi connectivity index (χ2v) is 6.69. The Morgan fingerprint density at radius 3 is 2.45 bits per heavy atom. The molecule has 0 aliphatic carbocycles. The van der Waals surface area contributed by atoms with Crippen molar-refractivity contribution in [3.63, 3.8) is 0 Å². The van der Waals surface area contributed by atoms with E-state index in [4.69, 9.17) is 14.2 Å². The molecule has 154 valence electrons. The van der Waals surface area contributed by atoms with Crippen molar-refractivity contribution in [2.45, 2.75) is 20.3 Å². The molecule has 0 fully saturated rings. The highest BCUT2D eigenvalue weighted by Crippen LogP contribution is 2.35. The molecule has 1 aromatic heterocycles. The van der Waals surface area contributed by atoms with Crippen LogP contribution in [0.25, 0.3) is 10.8 Å². The second-order valence-electron chi connectivity index (χ2n) is 5.89. The lowest BCUT2D eigenvalue weighted by molar-refractivity contribution is 0.112. The molecule has 0 radical (unpaired) electrons. The molecule has 0 saturated heterocycles. The fourth-order valence-electron chi connectivity index (χ4n) is 2.96. The van der Waals surface area contributed by atoms with E-state index in [-0.39, 0.29) is 0 Å². The number of benzene rings is 2. The average Bonchev–Trinajstić information content (AvgIpc) is 2.78. The van der Waals surface area contributed by atoms with E-state index >= 15 is 0 Å². The Kier molecular flexibility index (Phi) is 8.93. The molecule has 5 nitrogen and oxygen atoms in total. The summed E-state index contributed by atoms with van der Waals surface area (Å²) in [5.41, 5.74) is 2.45. The highest BCUT2D eigenvalue weighted by Gasteiger charge is 2.14. The Labute approximate surface area is 180 Å². The molecular formula is C23H26BrNO4. The van der Waals surface area contributed by atoms with Gasteiger partial charge in [-0.05, 0) is 35.2 Å². The fourth-order valence-corrected chi connectivity index (χ4v) is 3.12. The van der Waals surface area contributed by atoms with Gasteiger partial charge in [-0.2, -0.15) is 0 Å². The van der Waals surface area contributed by atoms with E-state index in [1.54, 1.807) is 20.4 Å². The molecule has 0 N–H and O–H groups in total. The number of fused-ring (bicyclic) bond motifs is 1. The zero-order valence-corrected chi connectivity index (χ0v) is 18.8. The van der Waals surface area contributed by atoms with Gasteiger partial charge in [0.25, 0.3) is 0 Å². The van der Waals surface area contributed by atoms with E-state index in [2.05, 4.69) is 20.9 Å². The number of hydrogen-bond donors (Lipinski definition) is 0. The van der Waals surface area contributed by atoms with Crippen molar-refractivity contribution in [3.05, 3.63) is 59.4 Å². The standard InChI is InChI=1S/C21H20BrNO4.C2H6/c1-25-16-5-3-4-14(8-16)9-19-18-11-21(27-7-6-22)20(26-2)10-17(18)15(13-24)12-23-19;1-2/h3-5,8,10-13H,6-7,9H2,1-2H3;1-2H3. The van der Waals surface area contributed by atoms with Gasteiger partial charge in [0.15, 0.2) is 17.8 Å². The summed E-state index contributed by atoms with van der Waals surface area (Å²) in [6.07, 6.45) is 3.02. The lowest BCUT2D eigenvalue weighted by Gasteiger charge is -2.14. The number of hydrogen-bond acceptors (Lipinski definition) is 5. The highest BCUT2D eigenvalue weighted by molar-refractivity contribution is 9.09. The Balaban J connectivity index is 0.00000145. The monoisotopic (exact) mass is 459 g/mol. The van der Waals surface area contributed by atoms with Crippen LogP contribution in [0.2, 0.25) is 0 Å². The number of nitrogens with zero attached hydrogens (tertiary/aromatic N) is 1. The van der Waals surface area contributed by atoms with Crippen molar-refractivity contribution in [2.24, 2.45) is 0 Å². The van der Waals surface area contributed by atoms with Crippen LogP contribution in [0, 0.1) is 0 Å². The van der Waals surface area contributed by atoms with Gasteiger partial charge < -0.3 is 14.2 Å². The number of rotatable bonds is 8. The SMILES string of the molecule is CC.COc1cccc(Cc2ncc(C=O)c3cc(OC)c(OCCBr)cc23)c1. The van der Waals surface area contributed by atoms with Gasteiger partial charge in [0.05, 0.1) is 26.5 Å². The second kappa shape index (κ2) is 11.4. The van der Waals surface area contributed by atoms with E-state index in [9.17, 15) is 4.79 Å². The lowest BCUT2D eigenvalue weighted by Crippen LogP contribution is -2.02. The van der Waals surface area contributed by atoms with E-state index in [0.717, 1.165) is 34.1 Å². The molecular weight excluding hydrogens is 434 g/mol. The quantitative estimate of drug-likeness (QED) is 0.330. The summed E-state index contributed by atoms with van der Waals surface area (Å²) in [6, 6.07) is 11.6. The van der Waals surface area contributed by atoms with Crippen molar-refractivity contribution in [3.8, 4) is 17.2 Å². The number of alkyl halides is 1. The Morgan fingerprint density at radius 1 is 1.03 bits per heavy atom. The first-order valence-electron chi connectivity index (χ1n) is 9.46. The van der Waals surface area contributed by atoms with Crippen LogP contribution in [0.1, 0.15) is 35.5 Å². The third-order valence-electron chi connectivity index (χ3n) is 4.25. The first kappa shape index (κ1) is 22.7. The lowest BCUT2D eigenvalue weighted by atomic mass is 10.00. The Morgan fingerprint density at radius 2 is 1.79 bits per heavy atom. The third kappa shape index (κ3) is 5.48. The van der Waals surface area contributed by atoms with Crippen molar-refractivity contribution < 1.29 is 19.0 Å². The summed E-state index contributed by atoms with van der Waals surface area (Å²) < 4.78 is 16.5. The zero-order chi connectivity index (χ0) is 21.2. The maximum absolute atomic E-state index is 11.5. The van der Waals surface area contributed by atoms with Gasteiger partial charge in [0, 0.05) is 28.9 Å². The van der Waals surface area contributed by atoms with Crippen LogP contribution in [0.4, 0.5) is 0 Å². The molecule has 2 aromatic carbocycles. The molecule has 6 heteroatoms. The molecule has 0 saturated carbocycles. The number of carbonyl (C=O) groups excluding carboxylic acids is 1. The van der Waals surface area contributed by atoms with E-state index in [1.807, 2.05) is 50.2 Å². The average molecular weight is 460 g/mol. The molecule has 1 heterocycles. The number of ether oxygens (including phenoxy) is 3. The molecule has 3 aromatic rings. The van der Waals surface area contributed by atoms with Gasteiger partial charge in [-0.1, -0.05) is 41.9 Å². The Bertz CT molecular complexity index is 959. The minimum atomic E-state index is 0.508. The summed E-state index contributed by atoms with van der Waals surface area (Å²) in [7, 11) is 3.23. The molecule has 0 spiro atoms. The zero-order valence-electron chi connectivity index (χ0n) is 17.2. The van der Waals surface area contributed by atoms with Crippen molar-refractivity contribution in [2.75, 3.05) is 26.2 Å². The van der Waals surface area contributed by atoms with Crippen molar-refractivity contribution in [1.29, 1.82) is 0 Å². The number of pyridine rings is 1. The maximum atomic E-state index is 11.5. The number of halogens is 1. The van der Waals surface area contributed by atoms with Crippen LogP contribution < -0.4 is 14.2 Å². The first-order valence-corrected chi connectivity index (χ1v) is 10.6. The molecule has 0 aliphatic rings. The summed E-state index contributed by atoms with van der Waals surface area (Å²) in [4.78, 5) is 16.0. The number of aromatic nitrogens is 1. The first-order chi connectivity index (χ1) is 14.2. The van der Waals surface area contributed by atoms with Gasteiger partial charge in [-0.25, -0.2) is 0 Å². The van der Waals surface area contributed by atoms with Crippen molar-refractivity contribution in [1.82, 2.24) is 4.98 Å². The largest absolute Gasteiger partial charge is 0.497 e. The smallest absolute Gasteiger partial charge is 0.161 e. The molecule has 0 aliphatic heterocycles. The van der Waals surface area contributed by atoms with Crippen LogP contribution >= 0.6 is 15.9 Å². The van der Waals surface area contributed by atoms with Crippen LogP contribution in [0.5, 0.6) is 17.2 Å².